The Morgan fingerprint density at radius 3 is 2.46 bits per heavy atom. The van der Waals surface area contributed by atoms with Crippen molar-refractivity contribution < 1.29 is 9.59 Å². The number of hydrogen-bond acceptors (Lipinski definition) is 6. The minimum absolute atomic E-state index is 0.0458. The summed E-state index contributed by atoms with van der Waals surface area (Å²) >= 11 is 1.71. The molecular weight excluding hydrogens is 665 g/mol. The van der Waals surface area contributed by atoms with Crippen molar-refractivity contribution >= 4 is 34.5 Å². The molecule has 286 valence electrons. The van der Waals surface area contributed by atoms with Crippen molar-refractivity contribution in [3.8, 4) is 12.3 Å². The van der Waals surface area contributed by atoms with Crippen LogP contribution in [0.4, 0.5) is 0 Å². The number of nitrogens with one attached hydrogen (secondary N) is 2. The molecular formula is C43H66N6O2S. The van der Waals surface area contributed by atoms with Crippen LogP contribution in [-0.4, -0.2) is 70.1 Å². The molecule has 6 N–H and O–H groups in total. The van der Waals surface area contributed by atoms with Crippen LogP contribution in [0, 0.1) is 12.3 Å². The molecule has 2 aromatic rings. The molecule has 1 aromatic carbocycles. The Balaban J connectivity index is 0.000000614. The first kappa shape index (κ1) is 44.3. The lowest BCUT2D eigenvalue weighted by molar-refractivity contribution is -0.129. The Morgan fingerprint density at radius 1 is 1.23 bits per heavy atom. The third-order valence-corrected chi connectivity index (χ3v) is 10.1. The fourth-order valence-electron chi connectivity index (χ4n) is 6.34. The Kier molecular flexibility index (Phi) is 19.5. The number of allylic oxidation sites excluding steroid dienone is 2. The molecule has 9 heteroatoms. The van der Waals surface area contributed by atoms with E-state index in [9.17, 15) is 9.59 Å². The fraction of sp³-hybridized carbons (Fsp3) is 0.535. The quantitative estimate of drug-likeness (QED) is 0.108. The number of thioether (sulfide) groups is 1. The van der Waals surface area contributed by atoms with Crippen molar-refractivity contribution in [2.24, 2.45) is 11.5 Å². The van der Waals surface area contributed by atoms with Crippen molar-refractivity contribution in [1.29, 1.82) is 0 Å². The highest BCUT2D eigenvalue weighted by atomic mass is 32.2. The lowest BCUT2D eigenvalue weighted by Crippen LogP contribution is -2.51. The van der Waals surface area contributed by atoms with E-state index in [-0.39, 0.29) is 23.9 Å². The molecule has 0 saturated carbocycles. The second-order valence-corrected chi connectivity index (χ2v) is 15.0. The van der Waals surface area contributed by atoms with Gasteiger partial charge in [0.05, 0.1) is 12.1 Å². The second-order valence-electron chi connectivity index (χ2n) is 14.3. The smallest absolute Gasteiger partial charge is 0.223 e. The number of nitrogens with two attached hydrogens (primary N) is 2. The second kappa shape index (κ2) is 22.9. The number of aromatic amines is 1. The van der Waals surface area contributed by atoms with Gasteiger partial charge in [0.15, 0.2) is 0 Å². The van der Waals surface area contributed by atoms with Crippen molar-refractivity contribution in [1.82, 2.24) is 20.1 Å². The maximum absolute atomic E-state index is 13.1. The van der Waals surface area contributed by atoms with E-state index in [1.165, 1.54) is 36.6 Å². The van der Waals surface area contributed by atoms with Crippen LogP contribution in [0.5, 0.6) is 0 Å². The number of amides is 2. The van der Waals surface area contributed by atoms with Crippen molar-refractivity contribution in [3.05, 3.63) is 82.7 Å². The molecule has 1 saturated heterocycles. The number of carbonyl (C=O) groups is 2. The minimum Gasteiger partial charge on any atom is -0.401 e. The van der Waals surface area contributed by atoms with E-state index in [4.69, 9.17) is 17.9 Å². The Morgan fingerprint density at radius 2 is 1.90 bits per heavy atom. The normalized spacial score (nSPS) is 17.0. The van der Waals surface area contributed by atoms with Crippen LogP contribution in [-0.2, 0) is 16.0 Å². The zero-order valence-electron chi connectivity index (χ0n) is 33.0. The summed E-state index contributed by atoms with van der Waals surface area (Å²) in [5, 5.41) is 6.69. The summed E-state index contributed by atoms with van der Waals surface area (Å²) in [6.07, 6.45) is 23.2. The predicted octanol–water partition coefficient (Wildman–Crippen LogP) is 8.19. The summed E-state index contributed by atoms with van der Waals surface area (Å²) in [6, 6.07) is 8.08. The van der Waals surface area contributed by atoms with Gasteiger partial charge in [-0.25, -0.2) is 0 Å². The maximum atomic E-state index is 13.1. The number of fused-ring (bicyclic) bond motifs is 1. The third kappa shape index (κ3) is 14.3. The lowest BCUT2D eigenvalue weighted by Gasteiger charge is -2.43. The first-order valence-corrected chi connectivity index (χ1v) is 20.3. The highest BCUT2D eigenvalue weighted by Crippen LogP contribution is 2.32. The molecule has 0 radical (unpaired) electrons. The Bertz CT molecular complexity index is 1570. The van der Waals surface area contributed by atoms with Gasteiger partial charge < -0.3 is 31.6 Å². The van der Waals surface area contributed by atoms with Gasteiger partial charge in [-0.2, -0.15) is 0 Å². The molecule has 1 fully saturated rings. The van der Waals surface area contributed by atoms with Crippen LogP contribution < -0.4 is 16.8 Å². The molecule has 2 amide bonds. The number of aromatic nitrogens is 1. The van der Waals surface area contributed by atoms with Gasteiger partial charge in [0.25, 0.3) is 0 Å². The zero-order chi connectivity index (χ0) is 38.7. The van der Waals surface area contributed by atoms with E-state index < -0.39 is 5.54 Å². The Labute approximate surface area is 319 Å². The van der Waals surface area contributed by atoms with Crippen molar-refractivity contribution in [3.63, 3.8) is 0 Å². The number of H-pyrrole nitrogens is 1. The molecule has 4 rings (SSSR count). The zero-order valence-corrected chi connectivity index (χ0v) is 33.8. The summed E-state index contributed by atoms with van der Waals surface area (Å²) in [5.41, 5.74) is 16.6. The van der Waals surface area contributed by atoms with Crippen LogP contribution in [0.25, 0.3) is 10.9 Å². The number of benzene rings is 1. The van der Waals surface area contributed by atoms with E-state index in [1.807, 2.05) is 43.2 Å². The third-order valence-electron chi connectivity index (χ3n) is 9.51. The molecule has 8 nitrogen and oxygen atoms in total. The first-order valence-electron chi connectivity index (χ1n) is 19.0. The summed E-state index contributed by atoms with van der Waals surface area (Å²) in [4.78, 5) is 33.5. The van der Waals surface area contributed by atoms with Gasteiger partial charge in [-0.1, -0.05) is 77.2 Å². The largest absolute Gasteiger partial charge is 0.401 e. The van der Waals surface area contributed by atoms with Crippen LogP contribution in [0.3, 0.4) is 0 Å². The molecule has 1 aromatic heterocycles. The summed E-state index contributed by atoms with van der Waals surface area (Å²) < 4.78 is 0. The number of likely N-dealkylation sites (tertiary alicyclic amines) is 1. The van der Waals surface area contributed by atoms with Crippen LogP contribution in [0.1, 0.15) is 105 Å². The fourth-order valence-corrected chi connectivity index (χ4v) is 6.91. The average molecular weight is 731 g/mol. The number of para-hydroxylation sites is 1. The number of hydrogen-bond donors (Lipinski definition) is 4. The number of terminal acetylenes is 1. The number of aryl methyl sites for hydroxylation is 1. The average Bonchev–Trinajstić information content (AvgIpc) is 3.74. The minimum atomic E-state index is -0.417. The van der Waals surface area contributed by atoms with Gasteiger partial charge in [-0.05, 0) is 93.0 Å². The summed E-state index contributed by atoms with van der Waals surface area (Å²) in [7, 11) is 0. The SMILES string of the molecule is C#C/C=C\C1=C(C(C)N2CCCC2=O)N(C/C(=C/SC)CC)CC(NC(=O)CCc2c[nH]c3ccccc23)C1.C=C(N)C(C)(C)N.CCCCCC. The molecule has 52 heavy (non-hydrogen) atoms. The van der Waals surface area contributed by atoms with E-state index in [1.54, 1.807) is 17.8 Å². The number of unbranched alkanes of at least 4 members (excludes halogenated alkanes) is 3. The van der Waals surface area contributed by atoms with Gasteiger partial charge >= 0.3 is 0 Å². The van der Waals surface area contributed by atoms with E-state index in [2.05, 4.69) is 79.2 Å². The lowest BCUT2D eigenvalue weighted by atomic mass is 9.92. The van der Waals surface area contributed by atoms with Gasteiger partial charge in [0, 0.05) is 66.5 Å². The molecule has 0 aliphatic carbocycles. The molecule has 0 spiro atoms. The van der Waals surface area contributed by atoms with Gasteiger partial charge in [0.1, 0.15) is 0 Å². The number of carbonyl (C=O) groups excluding carboxylic acids is 2. The molecule has 2 aliphatic rings. The van der Waals surface area contributed by atoms with Crippen LogP contribution in [0.15, 0.2) is 77.1 Å². The molecule has 2 atom stereocenters. The topological polar surface area (TPSA) is 120 Å². The number of nitrogens with zero attached hydrogens (tertiary/aromatic N) is 2. The first-order chi connectivity index (χ1) is 24.8. The van der Waals surface area contributed by atoms with Gasteiger partial charge in [-0.15, -0.1) is 18.2 Å². The van der Waals surface area contributed by atoms with Crippen LogP contribution >= 0.6 is 11.8 Å². The molecule has 2 aliphatic heterocycles. The highest BCUT2D eigenvalue weighted by molar-refractivity contribution is 8.01. The van der Waals surface area contributed by atoms with Crippen molar-refractivity contribution in [2.45, 2.75) is 123 Å². The number of rotatable bonds is 15. The Hall–Kier alpha value is -3.87. The van der Waals surface area contributed by atoms with Gasteiger partial charge in [-0.3, -0.25) is 9.59 Å². The van der Waals surface area contributed by atoms with Gasteiger partial charge in [0.2, 0.25) is 11.8 Å². The summed E-state index contributed by atoms with van der Waals surface area (Å²) in [6.45, 7) is 18.1. The monoisotopic (exact) mass is 730 g/mol. The molecule has 2 unspecified atom stereocenters. The maximum Gasteiger partial charge on any atom is 0.223 e. The van der Waals surface area contributed by atoms with E-state index in [0.29, 0.717) is 37.9 Å². The standard InChI is InChI=1S/C32H40N4O2S.C6H14.C5H12N2/c1-5-7-11-25-18-27(34-30(37)16-15-26-19-33-29-13-9-8-12-28(26)29)21-35(20-24(6-2)22-39-4)32(25)23(3)36-17-10-14-31(36)38;1-3-5-6-4-2;1-4(6)5(2,3)7/h1,7-9,11-13,19,22-23,27,33H,6,10,14-18,20-21H2,2-4H3,(H,34,37);3-6H2,1-2H3;1,6-7H2,2-3H3/b11-7-,24-22+;;. The molecule has 0 bridgehead atoms. The molecule has 3 heterocycles. The highest BCUT2D eigenvalue weighted by Gasteiger charge is 2.35. The summed E-state index contributed by atoms with van der Waals surface area (Å²) in [5.74, 6) is 2.88. The van der Waals surface area contributed by atoms with E-state index in [0.717, 1.165) is 48.3 Å². The van der Waals surface area contributed by atoms with Crippen LogP contribution in [0.2, 0.25) is 0 Å². The van der Waals surface area contributed by atoms with E-state index >= 15 is 0 Å². The van der Waals surface area contributed by atoms with Crippen molar-refractivity contribution in [2.75, 3.05) is 25.9 Å². The predicted molar refractivity (Wildman–Crippen MR) is 223 cm³/mol.